The zero-order chi connectivity index (χ0) is 17.5. The van der Waals surface area contributed by atoms with Crippen LogP contribution in [0, 0.1) is 0 Å². The van der Waals surface area contributed by atoms with Crippen LogP contribution in [-0.4, -0.2) is 25.0 Å². The Morgan fingerprint density at radius 2 is 1.67 bits per heavy atom. The van der Waals surface area contributed by atoms with Crippen LogP contribution in [0.3, 0.4) is 0 Å². The van der Waals surface area contributed by atoms with Crippen molar-refractivity contribution >= 4 is 29.2 Å². The van der Waals surface area contributed by atoms with Crippen LogP contribution in [0.4, 0.5) is 0 Å². The maximum Gasteiger partial charge on any atom is 0.344 e. The highest BCUT2D eigenvalue weighted by molar-refractivity contribution is 6.53. The highest BCUT2D eigenvalue weighted by Gasteiger charge is 2.17. The normalized spacial score (nSPS) is 10.5. The Kier molecular flexibility index (Phi) is 6.76. The quantitative estimate of drug-likeness (QED) is 0.417. The molecule has 0 aromatic heterocycles. The van der Waals surface area contributed by atoms with Crippen LogP contribution in [0.2, 0.25) is 0 Å². The summed E-state index contributed by atoms with van der Waals surface area (Å²) in [7, 11) is 3.14. The van der Waals surface area contributed by atoms with Crippen molar-refractivity contribution in [1.82, 2.24) is 0 Å². The zero-order valence-electron chi connectivity index (χ0n) is 13.4. The molecule has 2 aromatic rings. The Morgan fingerprint density at radius 1 is 0.958 bits per heavy atom. The van der Waals surface area contributed by atoms with E-state index in [4.69, 9.17) is 37.4 Å². The van der Waals surface area contributed by atoms with Crippen LogP contribution >= 0.6 is 23.2 Å². The third kappa shape index (κ3) is 5.05. The van der Waals surface area contributed by atoms with Crippen molar-refractivity contribution in [1.29, 1.82) is 0 Å². The molecular weight excluding hydrogens is 351 g/mol. The fourth-order valence-corrected chi connectivity index (χ4v) is 2.32. The van der Waals surface area contributed by atoms with Gasteiger partial charge in [-0.15, -0.1) is 0 Å². The molecule has 0 spiro atoms. The van der Waals surface area contributed by atoms with Crippen LogP contribution < -0.4 is 14.2 Å². The van der Waals surface area contributed by atoms with Gasteiger partial charge in [-0.2, -0.15) is 0 Å². The molecule has 0 N–H and O–H groups in total. The first-order valence-corrected chi connectivity index (χ1v) is 8.20. The van der Waals surface area contributed by atoms with Gasteiger partial charge in [-0.25, -0.2) is 4.79 Å². The molecular formula is C18H18Cl2O4. The fourth-order valence-electron chi connectivity index (χ4n) is 2.23. The number of rotatable bonds is 7. The van der Waals surface area contributed by atoms with Crippen LogP contribution in [0.5, 0.6) is 17.2 Å². The second kappa shape index (κ2) is 8.81. The van der Waals surface area contributed by atoms with Crippen molar-refractivity contribution in [3.8, 4) is 17.2 Å². The van der Waals surface area contributed by atoms with Crippen molar-refractivity contribution in [2.45, 2.75) is 17.7 Å². The minimum absolute atomic E-state index is 0.303. The average Bonchev–Trinajstić information content (AvgIpc) is 2.60. The van der Waals surface area contributed by atoms with Crippen molar-refractivity contribution < 1.29 is 19.0 Å². The molecule has 0 radical (unpaired) electrons. The molecule has 128 valence electrons. The van der Waals surface area contributed by atoms with Gasteiger partial charge in [-0.1, -0.05) is 41.4 Å². The minimum Gasteiger partial charge on any atom is -0.497 e. The van der Waals surface area contributed by atoms with Crippen LogP contribution in [0.1, 0.15) is 11.1 Å². The standard InChI is InChI=1S/C18H18Cl2O4/c1-22-14-5-3-4-12(10-14)6-7-13-8-9-15(23-2)16(11-13)24-18(21)17(19)20/h3-5,8-11,17H,6-7H2,1-2H3. The number of carbonyl (C=O) groups excluding carboxylic acids is 1. The monoisotopic (exact) mass is 368 g/mol. The Balaban J connectivity index is 2.11. The topological polar surface area (TPSA) is 44.8 Å². The van der Waals surface area contributed by atoms with Gasteiger partial charge in [0.25, 0.3) is 0 Å². The molecule has 4 nitrogen and oxygen atoms in total. The molecule has 0 aliphatic rings. The van der Waals surface area contributed by atoms with Gasteiger partial charge in [0.05, 0.1) is 14.2 Å². The lowest BCUT2D eigenvalue weighted by molar-refractivity contribution is -0.132. The molecule has 0 heterocycles. The molecule has 0 saturated carbocycles. The van der Waals surface area contributed by atoms with Gasteiger partial charge < -0.3 is 14.2 Å². The Morgan fingerprint density at radius 3 is 2.29 bits per heavy atom. The lowest BCUT2D eigenvalue weighted by atomic mass is 10.0. The molecule has 24 heavy (non-hydrogen) atoms. The Bertz CT molecular complexity index is 701. The largest absolute Gasteiger partial charge is 0.497 e. The van der Waals surface area contributed by atoms with Crippen molar-refractivity contribution in [3.63, 3.8) is 0 Å². The number of esters is 1. The number of hydrogen-bond donors (Lipinski definition) is 0. The van der Waals surface area contributed by atoms with Gasteiger partial charge in [0.15, 0.2) is 11.5 Å². The molecule has 0 fully saturated rings. The molecule has 6 heteroatoms. The second-order valence-electron chi connectivity index (χ2n) is 5.06. The third-order valence-electron chi connectivity index (χ3n) is 3.45. The first-order valence-electron chi connectivity index (χ1n) is 7.33. The SMILES string of the molecule is COc1cccc(CCc2ccc(OC)c(OC(=O)C(Cl)Cl)c2)c1. The van der Waals surface area contributed by atoms with Crippen molar-refractivity contribution in [3.05, 3.63) is 53.6 Å². The molecule has 0 aliphatic carbocycles. The van der Waals surface area contributed by atoms with E-state index >= 15 is 0 Å². The first kappa shape index (κ1) is 18.4. The van der Waals surface area contributed by atoms with Crippen LogP contribution in [0.15, 0.2) is 42.5 Å². The highest BCUT2D eigenvalue weighted by Crippen LogP contribution is 2.29. The van der Waals surface area contributed by atoms with E-state index in [0.717, 1.165) is 29.7 Å². The molecule has 0 atom stereocenters. The van der Waals surface area contributed by atoms with Crippen LogP contribution in [0.25, 0.3) is 0 Å². The molecule has 0 aliphatic heterocycles. The fraction of sp³-hybridized carbons (Fsp3) is 0.278. The lowest BCUT2D eigenvalue weighted by Crippen LogP contribution is -2.16. The first-order chi connectivity index (χ1) is 11.5. The lowest BCUT2D eigenvalue weighted by Gasteiger charge is -2.11. The molecule has 2 rings (SSSR count). The average molecular weight is 369 g/mol. The number of methoxy groups -OCH3 is 2. The molecule has 2 aromatic carbocycles. The van der Waals surface area contributed by atoms with E-state index in [-0.39, 0.29) is 0 Å². The van der Waals surface area contributed by atoms with Gasteiger partial charge in [0.1, 0.15) is 5.75 Å². The number of ether oxygens (including phenoxy) is 3. The van der Waals surface area contributed by atoms with Gasteiger partial charge in [0, 0.05) is 0 Å². The summed E-state index contributed by atoms with van der Waals surface area (Å²) in [6.07, 6.45) is 1.59. The molecule has 0 saturated heterocycles. The molecule has 0 amide bonds. The smallest absolute Gasteiger partial charge is 0.344 e. The molecule has 0 unspecified atom stereocenters. The van der Waals surface area contributed by atoms with E-state index in [1.54, 1.807) is 19.2 Å². The van der Waals surface area contributed by atoms with E-state index in [9.17, 15) is 4.79 Å². The summed E-state index contributed by atoms with van der Waals surface area (Å²) in [5, 5.41) is 0. The van der Waals surface area contributed by atoms with Crippen molar-refractivity contribution in [2.24, 2.45) is 0 Å². The van der Waals surface area contributed by atoms with Gasteiger partial charge >= 0.3 is 5.97 Å². The number of aryl methyl sites for hydroxylation is 2. The Labute approximate surface area is 151 Å². The summed E-state index contributed by atoms with van der Waals surface area (Å²) >= 11 is 11.0. The van der Waals surface area contributed by atoms with Crippen LogP contribution in [-0.2, 0) is 17.6 Å². The maximum atomic E-state index is 11.6. The van der Waals surface area contributed by atoms with E-state index in [1.807, 2.05) is 30.3 Å². The number of carbonyl (C=O) groups is 1. The summed E-state index contributed by atoms with van der Waals surface area (Å²) in [6, 6.07) is 13.3. The van der Waals surface area contributed by atoms with E-state index in [1.165, 1.54) is 7.11 Å². The van der Waals surface area contributed by atoms with E-state index in [2.05, 4.69) is 0 Å². The van der Waals surface area contributed by atoms with Gasteiger partial charge in [-0.3, -0.25) is 0 Å². The summed E-state index contributed by atoms with van der Waals surface area (Å²) in [4.78, 5) is 10.3. The number of hydrogen-bond acceptors (Lipinski definition) is 4. The van der Waals surface area contributed by atoms with Gasteiger partial charge in [-0.05, 0) is 48.2 Å². The predicted octanol–water partition coefficient (Wildman–Crippen LogP) is 4.20. The zero-order valence-corrected chi connectivity index (χ0v) is 14.9. The minimum atomic E-state index is -1.24. The summed E-state index contributed by atoms with van der Waals surface area (Å²) in [6.45, 7) is 0. The van der Waals surface area contributed by atoms with E-state index < -0.39 is 10.8 Å². The third-order valence-corrected chi connectivity index (χ3v) is 3.81. The summed E-state index contributed by atoms with van der Waals surface area (Å²) in [5.74, 6) is 0.841. The van der Waals surface area contributed by atoms with Crippen molar-refractivity contribution in [2.75, 3.05) is 14.2 Å². The Hall–Kier alpha value is -1.91. The highest BCUT2D eigenvalue weighted by atomic mass is 35.5. The number of halogens is 2. The maximum absolute atomic E-state index is 11.6. The van der Waals surface area contributed by atoms with E-state index in [0.29, 0.717) is 11.5 Å². The summed E-state index contributed by atoms with van der Waals surface area (Å²) in [5.41, 5.74) is 2.16. The predicted molar refractivity (Wildman–Crippen MR) is 94.5 cm³/mol. The number of alkyl halides is 2. The number of benzene rings is 2. The molecule has 0 bridgehead atoms. The summed E-state index contributed by atoms with van der Waals surface area (Å²) < 4.78 is 15.6. The second-order valence-corrected chi connectivity index (χ2v) is 6.15. The van der Waals surface area contributed by atoms with Gasteiger partial charge in [0.2, 0.25) is 4.84 Å².